The van der Waals surface area contributed by atoms with Gasteiger partial charge in [-0.25, -0.2) is 4.79 Å². The van der Waals surface area contributed by atoms with Crippen molar-refractivity contribution in [3.8, 4) is 11.1 Å². The van der Waals surface area contributed by atoms with E-state index in [1.807, 2.05) is 48.5 Å². The third-order valence-corrected chi connectivity index (χ3v) is 18.0. The molecule has 6 rings (SSSR count). The Bertz CT molecular complexity index is 3580. The number of nitrogens with zero attached hydrogens (tertiary/aromatic N) is 1. The molecule has 39 nitrogen and oxygen atoms in total. The number of fused-ring (bicyclic) bond motifs is 3. The van der Waals surface area contributed by atoms with Crippen molar-refractivity contribution in [3.05, 3.63) is 59.7 Å². The molecule has 3 saturated heterocycles. The van der Waals surface area contributed by atoms with E-state index in [0.29, 0.717) is 0 Å². The highest BCUT2D eigenvalue weighted by Crippen LogP contribution is 2.44. The van der Waals surface area contributed by atoms with Crippen molar-refractivity contribution in [3.63, 3.8) is 0 Å². The Balaban J connectivity index is 1.39. The zero-order valence-corrected chi connectivity index (χ0v) is 65.4. The number of primary amides is 1. The Morgan fingerprint density at radius 1 is 0.580 bits per heavy atom. The average molecular weight is 1590 g/mol. The van der Waals surface area contributed by atoms with Crippen LogP contribution in [0.4, 0.5) is 4.79 Å². The minimum absolute atomic E-state index is 0.165. The Morgan fingerprint density at radius 2 is 1.14 bits per heavy atom. The normalized spacial score (nSPS) is 26.1. The van der Waals surface area contributed by atoms with Gasteiger partial charge in [0.05, 0.1) is 56.1 Å². The van der Waals surface area contributed by atoms with E-state index < -0.39 is 262 Å². The van der Waals surface area contributed by atoms with E-state index in [9.17, 15) is 78.9 Å². The number of aliphatic hydroxyl groups is 7. The van der Waals surface area contributed by atoms with Crippen LogP contribution in [0.3, 0.4) is 0 Å². The SMILES string of the molecule is CC(=O)N[C@@H]1[C@@H](O)[C@H](O[C@@H]2O[C@H](CO)[C@@H](O)[C@H](O)[C@H]2NC(C)=O)[C@@H](CO[C@@H]2O[C@@H](C)[C@@H](O)[C@@H](O)[C@@H]2O)O[C@H]1NC(=O)C[C@H](NC(=O)[C@H](CCC(N)=O)NC(=O)CNC(=O)OCC1c2ccccc2-c2ccccc21)C(=O)N[C@@H](CC(=O)OC(C)(C)C)C(=O)N[C@H](C(=O)N[C@@H](COC(C)(C)C)C(=O)N(C)C)[C@@H](C)OC(C)(C)C. The van der Waals surface area contributed by atoms with E-state index in [0.717, 1.165) is 36.1 Å². The summed E-state index contributed by atoms with van der Waals surface area (Å²) < 4.78 is 53.0. The highest BCUT2D eigenvalue weighted by atomic mass is 16.7. The molecule has 0 aromatic heterocycles. The maximum Gasteiger partial charge on any atom is 0.407 e. The number of likely N-dealkylation sites (N-methyl/N-ethyl adjacent to an activating group) is 1. The number of alkyl carbamates (subject to hydrolysis) is 1. The third-order valence-electron chi connectivity index (χ3n) is 18.0. The summed E-state index contributed by atoms with van der Waals surface area (Å²) in [6.07, 6.45) is -29.7. The first kappa shape index (κ1) is 92.2. The van der Waals surface area contributed by atoms with Crippen LogP contribution in [0, 0.1) is 0 Å². The summed E-state index contributed by atoms with van der Waals surface area (Å²) in [5.41, 5.74) is 6.06. The van der Waals surface area contributed by atoms with Crippen LogP contribution in [-0.2, 0) is 95.4 Å². The van der Waals surface area contributed by atoms with Crippen molar-refractivity contribution in [2.24, 2.45) is 5.73 Å². The molecule has 18 N–H and O–H groups in total. The molecule has 626 valence electrons. The smallest absolute Gasteiger partial charge is 0.407 e. The Hall–Kier alpha value is -8.68. The van der Waals surface area contributed by atoms with Crippen LogP contribution >= 0.6 is 0 Å². The van der Waals surface area contributed by atoms with Gasteiger partial charge in [-0.05, 0) is 105 Å². The Labute approximate surface area is 647 Å². The van der Waals surface area contributed by atoms with Crippen LogP contribution in [0.1, 0.15) is 133 Å². The number of nitrogens with two attached hydrogens (primary N) is 1. The monoisotopic (exact) mass is 1590 g/mol. The molecule has 0 spiro atoms. The van der Waals surface area contributed by atoms with Gasteiger partial charge in [-0.1, -0.05) is 48.5 Å². The van der Waals surface area contributed by atoms with Crippen LogP contribution in [0.2, 0.25) is 0 Å². The molecule has 2 aromatic carbocycles. The topological polar surface area (TPSA) is 567 Å². The van der Waals surface area contributed by atoms with E-state index in [1.54, 1.807) is 41.5 Å². The molecular weight excluding hydrogens is 1480 g/mol. The van der Waals surface area contributed by atoms with E-state index in [1.165, 1.54) is 53.6 Å². The number of esters is 1. The minimum atomic E-state index is -2.32. The number of aliphatic hydroxyl groups excluding tert-OH is 7. The lowest BCUT2D eigenvalue weighted by Crippen LogP contribution is -2.71. The lowest BCUT2D eigenvalue weighted by Gasteiger charge is -2.49. The minimum Gasteiger partial charge on any atom is -0.460 e. The molecule has 21 atom stereocenters. The fourth-order valence-electron chi connectivity index (χ4n) is 12.7. The molecule has 3 heterocycles. The van der Waals surface area contributed by atoms with E-state index in [4.69, 9.17) is 48.4 Å². The maximum atomic E-state index is 15.4. The van der Waals surface area contributed by atoms with E-state index in [-0.39, 0.29) is 19.1 Å². The van der Waals surface area contributed by atoms with Gasteiger partial charge < -0.3 is 137 Å². The largest absolute Gasteiger partial charge is 0.460 e. The van der Waals surface area contributed by atoms with Gasteiger partial charge in [0.1, 0.15) is 116 Å². The first-order chi connectivity index (χ1) is 52.2. The predicted molar refractivity (Wildman–Crippen MR) is 390 cm³/mol. The molecule has 0 saturated carbocycles. The van der Waals surface area contributed by atoms with Gasteiger partial charge in [-0.15, -0.1) is 0 Å². The second kappa shape index (κ2) is 40.4. The van der Waals surface area contributed by atoms with Crippen molar-refractivity contribution >= 4 is 71.1 Å². The number of rotatable bonds is 34. The highest BCUT2D eigenvalue weighted by Gasteiger charge is 2.54. The molecule has 39 heteroatoms. The maximum absolute atomic E-state index is 15.4. The van der Waals surface area contributed by atoms with Gasteiger partial charge in [-0.3, -0.25) is 52.7 Å². The van der Waals surface area contributed by atoms with Crippen LogP contribution in [0.5, 0.6) is 0 Å². The number of amides is 11. The van der Waals surface area contributed by atoms with Gasteiger partial charge in [-0.2, -0.15) is 0 Å². The number of carbonyl (C=O) groups excluding carboxylic acids is 12. The molecule has 11 amide bonds. The number of hydrogen-bond donors (Lipinski definition) is 17. The van der Waals surface area contributed by atoms with Crippen molar-refractivity contribution in [2.75, 3.05) is 47.1 Å². The molecule has 0 radical (unpaired) electrons. The second-order valence-electron chi connectivity index (χ2n) is 31.0. The molecular formula is C73H111N11O28. The molecule has 3 aliphatic heterocycles. The number of carbonyl (C=O) groups is 12. The van der Waals surface area contributed by atoms with Crippen LogP contribution in [-0.4, -0.2) is 304 Å². The van der Waals surface area contributed by atoms with Crippen LogP contribution < -0.4 is 53.6 Å². The molecule has 2 aromatic rings. The van der Waals surface area contributed by atoms with Crippen LogP contribution in [0.15, 0.2) is 48.5 Å². The number of nitrogens with one attached hydrogen (secondary N) is 9. The van der Waals surface area contributed by atoms with E-state index in [2.05, 4.69) is 47.9 Å². The first-order valence-electron chi connectivity index (χ1n) is 36.6. The molecule has 0 unspecified atom stereocenters. The zero-order chi connectivity index (χ0) is 83.8. The van der Waals surface area contributed by atoms with Gasteiger partial charge in [0, 0.05) is 40.3 Å². The fourth-order valence-corrected chi connectivity index (χ4v) is 12.7. The fraction of sp³-hybridized carbons (Fsp3) is 0.671. The Kier molecular flexibility index (Phi) is 33.2. The average Bonchev–Trinajstić information content (AvgIpc) is 1.59. The summed E-state index contributed by atoms with van der Waals surface area (Å²) in [6, 6.07) is 1.95. The molecule has 0 bridgehead atoms. The summed E-state index contributed by atoms with van der Waals surface area (Å²) in [5, 5.41) is 98.5. The summed E-state index contributed by atoms with van der Waals surface area (Å²) >= 11 is 0. The summed E-state index contributed by atoms with van der Waals surface area (Å²) in [7, 11) is 2.85. The van der Waals surface area contributed by atoms with Crippen molar-refractivity contribution in [2.45, 2.75) is 267 Å². The summed E-state index contributed by atoms with van der Waals surface area (Å²) in [5.74, 6) is -12.5. The second-order valence-corrected chi connectivity index (χ2v) is 31.0. The van der Waals surface area contributed by atoms with Crippen LogP contribution in [0.25, 0.3) is 11.1 Å². The third kappa shape index (κ3) is 26.7. The van der Waals surface area contributed by atoms with Gasteiger partial charge >= 0.3 is 12.1 Å². The predicted octanol–water partition coefficient (Wildman–Crippen LogP) is -4.68. The van der Waals surface area contributed by atoms with Gasteiger partial charge in [0.25, 0.3) is 0 Å². The molecule has 3 fully saturated rings. The van der Waals surface area contributed by atoms with E-state index >= 15 is 14.4 Å². The number of benzene rings is 2. The van der Waals surface area contributed by atoms with Gasteiger partial charge in [0.2, 0.25) is 59.1 Å². The molecule has 112 heavy (non-hydrogen) atoms. The quantitative estimate of drug-likeness (QED) is 0.0293. The standard InChI is InChI=1S/C73H111N11O28/c1-33(111-72(8,9)10)52(65(101)81-45(67(102)84(14)15)31-106-71(5,6)7)83-64(100)44(27-51(91)112-73(11,12)13)80-63(99)43(79-62(98)42(24-25-48(74)88)78-50(90)28-75-70(103)105-30-41-39-22-18-16-20-37(39)38-21-17-19-23-40(38)41)26-49(89)82-66-53(76-35(3)86)58(95)61(47(108-66)32-104-69-60(97)59(96)55(92)34(2)107-69)110-68-54(77-36(4)87)57(94)56(93)46(29-85)109-68/h16-23,33-34,41-47,52-61,66,68-69,85,92-97H,24-32H2,1-15H3,(H2,74,88)(H,75,103)(H,76,86)(H,77,87)(H,78,90)(H,79,98)(H,80,99)(H,81,101)(H,82,89)(H,83,100)/t33-,34+,42+,43+,44+,45+,46-,47-,52+,53-,54-,55-,56-,57-,58-,59-,60+,61-,66-,68+,69-/m1/s1. The summed E-state index contributed by atoms with van der Waals surface area (Å²) in [4.78, 5) is 169. The molecule has 4 aliphatic rings. The lowest BCUT2D eigenvalue weighted by molar-refractivity contribution is -0.329. The Morgan fingerprint density at radius 3 is 1.70 bits per heavy atom. The zero-order valence-electron chi connectivity index (χ0n) is 65.4. The lowest BCUT2D eigenvalue weighted by atomic mass is 9.93. The number of ether oxygens (including phenoxy) is 9. The summed E-state index contributed by atoms with van der Waals surface area (Å²) in [6.45, 7) is 15.9. The molecule has 1 aliphatic carbocycles. The first-order valence-corrected chi connectivity index (χ1v) is 36.6. The van der Waals surface area contributed by atoms with Gasteiger partial charge in [0.15, 0.2) is 18.8 Å². The highest BCUT2D eigenvalue weighted by molar-refractivity contribution is 5.99. The van der Waals surface area contributed by atoms with Crippen molar-refractivity contribution in [1.29, 1.82) is 0 Å². The van der Waals surface area contributed by atoms with Crippen molar-refractivity contribution in [1.82, 2.24) is 52.8 Å². The van der Waals surface area contributed by atoms with Crippen molar-refractivity contribution < 1.29 is 136 Å². The number of hydrogen-bond acceptors (Lipinski definition) is 28.